The number of hydrogen-bond donors (Lipinski definition) is 0. The highest BCUT2D eigenvalue weighted by atomic mass is 80.0. The third-order valence-corrected chi connectivity index (χ3v) is 14.2. The van der Waals surface area contributed by atoms with Crippen molar-refractivity contribution in [2.75, 3.05) is 6.79 Å². The number of fused-ring (bicyclic) bond motifs is 1. The van der Waals surface area contributed by atoms with E-state index in [-0.39, 0.29) is 53.9 Å². The SMILES string of the molecule is Cc1ccc(/C=C/c2nnc(C(Br)(Br)Br)o2)cc1.Cc1ccc(/C=C/c2nnc(C(Cl)(Cl)Cl)o2)cc1.Cc1ccc(/C=C/c2nnc(C(Cl)(Cl)Cl)o2)cc1.ClC(Cl)(Cl)c1nnc(/C=C/c2ccc3c(c2)OCO3)o1.Clc1ccc(/C=C/c2nnc(C(Cl)(Cl)Cl)o2)cc1. The fraction of sp³-hybridized carbons (Fsp3) is 0.153. The molecule has 0 atom stereocenters. The number of aromatic nitrogens is 10. The molecule has 0 aliphatic carbocycles. The molecule has 1 aliphatic heterocycles. The predicted molar refractivity (Wildman–Crippen MR) is 379 cm³/mol. The van der Waals surface area contributed by atoms with Crippen molar-refractivity contribution in [2.45, 2.75) is 38.1 Å². The number of rotatable bonds is 10. The van der Waals surface area contributed by atoms with Crippen molar-refractivity contribution in [2.24, 2.45) is 0 Å². The monoisotopic (exact) mass is 1690 g/mol. The molecule has 0 bridgehead atoms. The summed E-state index contributed by atoms with van der Waals surface area (Å²) in [6.45, 7) is 6.34. The molecule has 5 aromatic heterocycles. The summed E-state index contributed by atoms with van der Waals surface area (Å²) in [6, 6.07) is 37.0. The standard InChI is InChI=1S/C12H9Br3N2O.C12H7Cl3N2O3.2C12H9Cl3N2O.C11H6Cl4N2O/c1-8-2-4-9(5-3-8)6-7-10-16-17-11(18-10)12(13,14)15;13-12(14,15)11-17-16-10(20-11)4-2-7-1-3-8-9(5-7)19-6-18-8;2*1-8-2-4-9(5-3-8)6-7-10-16-17-11(18-10)12(13,14)15;12-8-4-1-7(2-5-8)3-6-9-16-17-10(18-9)11(13,14)15/h2-7H,1H3;1-5H,6H2;2*2-7H,1H3;1-6H/b7-6+;4-2+;2*7-6+;6-3+. The maximum Gasteiger partial charge on any atom is 0.268 e. The van der Waals surface area contributed by atoms with Gasteiger partial charge in [0, 0.05) is 35.4 Å². The van der Waals surface area contributed by atoms with Crippen LogP contribution in [-0.4, -0.2) is 57.8 Å². The van der Waals surface area contributed by atoms with Gasteiger partial charge in [0.25, 0.3) is 44.6 Å². The van der Waals surface area contributed by atoms with E-state index < -0.39 is 17.3 Å². The summed E-state index contributed by atoms with van der Waals surface area (Å²) < 4.78 is 29.2. The van der Waals surface area contributed by atoms with Crippen LogP contribution in [0.3, 0.4) is 0 Å². The first-order valence-electron chi connectivity index (χ1n) is 25.6. The Morgan fingerprint density at radius 3 is 0.837 bits per heavy atom. The van der Waals surface area contributed by atoms with Crippen LogP contribution in [0.2, 0.25) is 5.02 Å². The number of benzene rings is 5. The Balaban J connectivity index is 0.000000163. The highest BCUT2D eigenvalue weighted by Gasteiger charge is 2.33. The molecule has 0 spiro atoms. The van der Waals surface area contributed by atoms with Gasteiger partial charge in [0.05, 0.1) is 0 Å². The van der Waals surface area contributed by atoms with E-state index in [1.165, 1.54) is 16.7 Å². The van der Waals surface area contributed by atoms with E-state index in [2.05, 4.69) is 118 Å². The number of ether oxygens (including phenoxy) is 2. The molecule has 0 unspecified atom stereocenters. The van der Waals surface area contributed by atoms with E-state index in [1.54, 1.807) is 54.7 Å². The third-order valence-electron chi connectivity index (χ3n) is 11.0. The second-order valence-corrected chi connectivity index (χ2v) is 34.6. The number of hydrogen-bond acceptors (Lipinski definition) is 17. The van der Waals surface area contributed by atoms with Gasteiger partial charge >= 0.3 is 0 Å². The summed E-state index contributed by atoms with van der Waals surface area (Å²) in [5.74, 6) is 3.12. The summed E-state index contributed by atoms with van der Waals surface area (Å²) in [5.41, 5.74) is 8.59. The Morgan fingerprint density at radius 1 is 0.315 bits per heavy atom. The van der Waals surface area contributed by atoms with Crippen molar-refractivity contribution in [3.8, 4) is 11.5 Å². The van der Waals surface area contributed by atoms with Crippen LogP contribution in [-0.2, 0) is 17.3 Å². The van der Waals surface area contributed by atoms with Crippen LogP contribution in [0, 0.1) is 20.8 Å². The Labute approximate surface area is 615 Å². The third kappa shape index (κ3) is 25.5. The van der Waals surface area contributed by atoms with E-state index in [0.717, 1.165) is 33.6 Å². The Kier molecular flexibility index (Phi) is 27.9. The van der Waals surface area contributed by atoms with Gasteiger partial charge in [-0.05, 0) is 151 Å². The molecular weight excluding hydrogens is 1660 g/mol. The van der Waals surface area contributed by atoms with Crippen LogP contribution >= 0.6 is 199 Å². The number of nitrogens with zero attached hydrogens (tertiary/aromatic N) is 10. The summed E-state index contributed by atoms with van der Waals surface area (Å²) in [4.78, 5) is 0. The van der Waals surface area contributed by atoms with Crippen LogP contribution in [0.15, 0.2) is 137 Å². The summed E-state index contributed by atoms with van der Waals surface area (Å²) >= 11 is 83.1. The van der Waals surface area contributed by atoms with Crippen molar-refractivity contribution in [1.82, 2.24) is 51.0 Å². The zero-order chi connectivity index (χ0) is 66.9. The first-order chi connectivity index (χ1) is 43.3. The molecule has 33 heteroatoms. The van der Waals surface area contributed by atoms with Gasteiger partial charge in [0.1, 0.15) is 0 Å². The zero-order valence-corrected chi connectivity index (χ0v) is 61.4. The van der Waals surface area contributed by atoms with Gasteiger partial charge in [-0.25, -0.2) is 0 Å². The molecule has 0 radical (unpaired) electrons. The fourth-order valence-electron chi connectivity index (χ4n) is 6.54. The second kappa shape index (κ2) is 34.3. The largest absolute Gasteiger partial charge is 0.454 e. The lowest BCUT2D eigenvalue weighted by Crippen LogP contribution is -1.99. The molecule has 10 aromatic rings. The molecule has 92 heavy (non-hydrogen) atoms. The molecule has 0 N–H and O–H groups in total. The van der Waals surface area contributed by atoms with Crippen molar-refractivity contribution in [3.63, 3.8) is 0 Å². The molecular formula is C59H40Br3Cl13N10O7. The molecule has 17 nitrogen and oxygen atoms in total. The average molecular weight is 1700 g/mol. The summed E-state index contributed by atoms with van der Waals surface area (Å²) in [5, 5.41) is 38.1. The van der Waals surface area contributed by atoms with Crippen LogP contribution in [0.1, 0.15) is 103 Å². The summed E-state index contributed by atoms with van der Waals surface area (Å²) in [7, 11) is 0. The Bertz CT molecular complexity index is 3720. The molecule has 6 heterocycles. The fourth-order valence-corrected chi connectivity index (χ4v) is 8.07. The Morgan fingerprint density at radius 2 is 0.565 bits per heavy atom. The quantitative estimate of drug-likeness (QED) is 0.116. The topological polar surface area (TPSA) is 213 Å². The van der Waals surface area contributed by atoms with Gasteiger partial charge in [0.2, 0.25) is 38.4 Å². The van der Waals surface area contributed by atoms with Crippen LogP contribution in [0.4, 0.5) is 0 Å². The van der Waals surface area contributed by atoms with Crippen LogP contribution in [0.5, 0.6) is 11.5 Å². The van der Waals surface area contributed by atoms with Gasteiger partial charge < -0.3 is 31.6 Å². The molecule has 480 valence electrons. The minimum absolute atomic E-state index is 0.0453. The van der Waals surface area contributed by atoms with E-state index >= 15 is 0 Å². The van der Waals surface area contributed by atoms with Gasteiger partial charge in [0.15, 0.2) is 11.5 Å². The smallest absolute Gasteiger partial charge is 0.268 e. The van der Waals surface area contributed by atoms with E-state index in [0.29, 0.717) is 22.6 Å². The lowest BCUT2D eigenvalue weighted by atomic mass is 10.1. The summed E-state index contributed by atoms with van der Waals surface area (Å²) in [6.07, 6.45) is 17.5. The minimum atomic E-state index is -1.72. The first kappa shape index (κ1) is 74.7. The van der Waals surface area contributed by atoms with Gasteiger partial charge in [-0.2, -0.15) is 0 Å². The van der Waals surface area contributed by atoms with E-state index in [9.17, 15) is 0 Å². The highest BCUT2D eigenvalue weighted by Crippen LogP contribution is 2.44. The van der Waals surface area contributed by atoms with E-state index in [1.807, 2.05) is 123 Å². The van der Waals surface area contributed by atoms with Crippen molar-refractivity contribution in [1.29, 1.82) is 0 Å². The maximum absolute atomic E-state index is 5.77. The minimum Gasteiger partial charge on any atom is -0.454 e. The lowest BCUT2D eigenvalue weighted by Gasteiger charge is -2.03. The lowest BCUT2D eigenvalue weighted by molar-refractivity contribution is 0.174. The average Bonchev–Trinajstić information content (AvgIpc) is 1.92. The molecule has 1 aliphatic rings. The number of alkyl halides is 15. The molecule has 0 saturated heterocycles. The first-order valence-corrected chi connectivity index (χ1v) is 32.9. The van der Waals surface area contributed by atoms with Crippen molar-refractivity contribution < 1.29 is 31.6 Å². The highest BCUT2D eigenvalue weighted by molar-refractivity contribution is 9.38. The number of aryl methyl sites for hydroxylation is 3. The number of halogens is 16. The van der Waals surface area contributed by atoms with Gasteiger partial charge in [-0.1, -0.05) is 258 Å². The van der Waals surface area contributed by atoms with Crippen LogP contribution in [0.25, 0.3) is 60.8 Å². The second-order valence-electron chi connectivity index (χ2n) is 18.3. The molecule has 0 saturated carbocycles. The van der Waals surface area contributed by atoms with Gasteiger partial charge in [-0.3, -0.25) is 0 Å². The molecule has 5 aromatic carbocycles. The zero-order valence-electron chi connectivity index (χ0n) is 46.8. The van der Waals surface area contributed by atoms with Gasteiger partial charge in [-0.15, -0.1) is 51.0 Å². The van der Waals surface area contributed by atoms with Crippen LogP contribution < -0.4 is 9.47 Å². The van der Waals surface area contributed by atoms with Crippen molar-refractivity contribution >= 4 is 259 Å². The Hall–Kier alpha value is -4.69. The molecule has 11 rings (SSSR count). The normalized spacial score (nSPS) is 12.6. The molecule has 0 amide bonds. The van der Waals surface area contributed by atoms with E-state index in [4.69, 9.17) is 182 Å². The molecule has 0 fully saturated rings. The maximum atomic E-state index is 5.77. The van der Waals surface area contributed by atoms with Crippen molar-refractivity contribution in [3.05, 3.63) is 224 Å². The predicted octanol–water partition coefficient (Wildman–Crippen LogP) is 22.1.